The summed E-state index contributed by atoms with van der Waals surface area (Å²) < 4.78 is 30.0. The van der Waals surface area contributed by atoms with Crippen LogP contribution in [0.25, 0.3) is 0 Å². The average molecular weight is 517 g/mol. The van der Waals surface area contributed by atoms with Gasteiger partial charge in [0.15, 0.2) is 9.84 Å². The molecule has 0 N–H and O–H groups in total. The third-order valence-electron chi connectivity index (χ3n) is 5.40. The van der Waals surface area contributed by atoms with Crippen molar-refractivity contribution in [2.24, 2.45) is 16.1 Å². The fourth-order valence-corrected chi connectivity index (χ4v) is 5.71. The molecule has 1 atom stereocenters. The van der Waals surface area contributed by atoms with Crippen LogP contribution < -0.4 is 0 Å². The lowest BCUT2D eigenvalue weighted by atomic mass is 10.2. The topological polar surface area (TPSA) is 85.2 Å². The standard InChI is InChI=1S/C27H36N2O4S2/c1-5-22(4)20-35(31,32)26-16-12-24(13-17-26)29-28-23-10-14-25(15-11-23)34-19-9-7-6-8-18-33-27(30)21(2)3/h10-17,22H,2,5-9,18-20H2,1,3-4H3/t22-/m1/s1. The number of hydrogen-bond donors (Lipinski definition) is 0. The minimum atomic E-state index is -3.28. The fourth-order valence-electron chi connectivity index (χ4n) is 3.07. The maximum absolute atomic E-state index is 12.4. The quantitative estimate of drug-likeness (QED) is 0.0796. The molecule has 2 rings (SSSR count). The summed E-state index contributed by atoms with van der Waals surface area (Å²) in [6, 6.07) is 14.5. The highest BCUT2D eigenvalue weighted by Crippen LogP contribution is 2.25. The Balaban J connectivity index is 1.72. The molecular formula is C27H36N2O4S2. The van der Waals surface area contributed by atoms with Crippen molar-refractivity contribution >= 4 is 38.9 Å². The second-order valence-corrected chi connectivity index (χ2v) is 11.9. The van der Waals surface area contributed by atoms with Crippen LogP contribution >= 0.6 is 11.8 Å². The Morgan fingerprint density at radius 3 is 2.11 bits per heavy atom. The molecule has 0 spiro atoms. The highest BCUT2D eigenvalue weighted by atomic mass is 32.2. The molecule has 2 aromatic carbocycles. The van der Waals surface area contributed by atoms with E-state index in [2.05, 4.69) is 16.8 Å². The monoisotopic (exact) mass is 516 g/mol. The first-order valence-corrected chi connectivity index (χ1v) is 14.6. The zero-order valence-corrected chi connectivity index (χ0v) is 22.5. The summed E-state index contributed by atoms with van der Waals surface area (Å²) >= 11 is 1.80. The zero-order chi connectivity index (χ0) is 25.7. The summed E-state index contributed by atoms with van der Waals surface area (Å²) in [5.74, 6) is 0.996. The van der Waals surface area contributed by atoms with Gasteiger partial charge in [-0.15, -0.1) is 11.8 Å². The van der Waals surface area contributed by atoms with E-state index in [0.717, 1.165) is 43.5 Å². The summed E-state index contributed by atoms with van der Waals surface area (Å²) in [5.41, 5.74) is 1.79. The molecule has 0 heterocycles. The first kappa shape index (κ1) is 28.8. The summed E-state index contributed by atoms with van der Waals surface area (Å²) in [5, 5.41) is 8.48. The number of azo groups is 1. The molecule has 0 fully saturated rings. The maximum atomic E-state index is 12.4. The molecule has 0 unspecified atom stereocenters. The van der Waals surface area contributed by atoms with E-state index in [1.54, 1.807) is 43.0 Å². The van der Waals surface area contributed by atoms with Gasteiger partial charge in [-0.25, -0.2) is 13.2 Å². The van der Waals surface area contributed by atoms with E-state index >= 15 is 0 Å². The van der Waals surface area contributed by atoms with Crippen LogP contribution in [0.1, 0.15) is 52.9 Å². The molecule has 0 aliphatic rings. The number of benzene rings is 2. The van der Waals surface area contributed by atoms with Crippen molar-refractivity contribution in [3.8, 4) is 0 Å². The highest BCUT2D eigenvalue weighted by Gasteiger charge is 2.17. The predicted octanol–water partition coefficient (Wildman–Crippen LogP) is 7.69. The molecule has 6 nitrogen and oxygen atoms in total. The van der Waals surface area contributed by atoms with Gasteiger partial charge in [-0.1, -0.05) is 39.7 Å². The van der Waals surface area contributed by atoms with E-state index in [9.17, 15) is 13.2 Å². The average Bonchev–Trinajstić information content (AvgIpc) is 2.84. The van der Waals surface area contributed by atoms with Crippen LogP contribution in [0, 0.1) is 5.92 Å². The molecule has 0 aliphatic heterocycles. The van der Waals surface area contributed by atoms with Crippen molar-refractivity contribution in [2.75, 3.05) is 18.1 Å². The third-order valence-corrected chi connectivity index (χ3v) is 8.50. The molecule has 35 heavy (non-hydrogen) atoms. The van der Waals surface area contributed by atoms with E-state index in [1.165, 1.54) is 4.90 Å². The fraction of sp³-hybridized carbons (Fsp3) is 0.444. The largest absolute Gasteiger partial charge is 0.462 e. The smallest absolute Gasteiger partial charge is 0.333 e. The lowest BCUT2D eigenvalue weighted by Crippen LogP contribution is -2.13. The van der Waals surface area contributed by atoms with Crippen LogP contribution in [0.2, 0.25) is 0 Å². The number of nitrogens with zero attached hydrogens (tertiary/aromatic N) is 2. The van der Waals surface area contributed by atoms with E-state index < -0.39 is 9.84 Å². The lowest BCUT2D eigenvalue weighted by Gasteiger charge is -2.09. The van der Waals surface area contributed by atoms with Crippen LogP contribution in [-0.4, -0.2) is 32.5 Å². The Morgan fingerprint density at radius 1 is 0.971 bits per heavy atom. The van der Waals surface area contributed by atoms with Crippen molar-refractivity contribution < 1.29 is 17.9 Å². The molecule has 0 aliphatic carbocycles. The number of thioether (sulfide) groups is 1. The van der Waals surface area contributed by atoms with Crippen molar-refractivity contribution in [2.45, 2.75) is 62.7 Å². The Hall–Kier alpha value is -2.45. The molecule has 0 aromatic heterocycles. The minimum Gasteiger partial charge on any atom is -0.462 e. The molecule has 0 saturated carbocycles. The normalized spacial score (nSPS) is 12.5. The predicted molar refractivity (Wildman–Crippen MR) is 144 cm³/mol. The summed E-state index contributed by atoms with van der Waals surface area (Å²) in [6.07, 6.45) is 4.94. The second-order valence-electron chi connectivity index (χ2n) is 8.66. The van der Waals surface area contributed by atoms with E-state index in [1.807, 2.05) is 38.1 Å². The van der Waals surface area contributed by atoms with Gasteiger partial charge in [0.1, 0.15) is 0 Å². The number of esters is 1. The Kier molecular flexibility index (Phi) is 12.2. The minimum absolute atomic E-state index is 0.130. The molecule has 8 heteroatoms. The van der Waals surface area contributed by atoms with Gasteiger partial charge in [-0.2, -0.15) is 10.2 Å². The van der Waals surface area contributed by atoms with E-state index in [-0.39, 0.29) is 17.6 Å². The molecule has 0 bridgehead atoms. The maximum Gasteiger partial charge on any atom is 0.333 e. The highest BCUT2D eigenvalue weighted by molar-refractivity contribution is 7.99. The molecular weight excluding hydrogens is 480 g/mol. The molecule has 2 aromatic rings. The van der Waals surface area contributed by atoms with Crippen LogP contribution in [0.4, 0.5) is 11.4 Å². The van der Waals surface area contributed by atoms with Gasteiger partial charge in [0, 0.05) is 10.5 Å². The number of ether oxygens (including phenoxy) is 1. The van der Waals surface area contributed by atoms with Gasteiger partial charge in [-0.3, -0.25) is 0 Å². The lowest BCUT2D eigenvalue weighted by molar-refractivity contribution is -0.139. The van der Waals surface area contributed by atoms with Crippen molar-refractivity contribution in [1.29, 1.82) is 0 Å². The Labute approximate surface area is 214 Å². The Bertz CT molecular complexity index is 1080. The molecule has 0 saturated heterocycles. The van der Waals surface area contributed by atoms with Gasteiger partial charge in [0.25, 0.3) is 0 Å². The summed E-state index contributed by atoms with van der Waals surface area (Å²) in [4.78, 5) is 12.8. The van der Waals surface area contributed by atoms with Gasteiger partial charge in [0.05, 0.1) is 28.6 Å². The van der Waals surface area contributed by atoms with Crippen LogP contribution in [-0.2, 0) is 19.4 Å². The summed E-state index contributed by atoms with van der Waals surface area (Å²) in [7, 11) is -3.28. The number of carbonyl (C=O) groups excluding carboxylic acids is 1. The van der Waals surface area contributed by atoms with Crippen molar-refractivity contribution in [1.82, 2.24) is 0 Å². The molecule has 0 radical (unpaired) electrons. The van der Waals surface area contributed by atoms with Crippen LogP contribution in [0.15, 0.2) is 80.7 Å². The summed E-state index contributed by atoms with van der Waals surface area (Å²) in [6.45, 7) is 9.61. The molecule has 0 amide bonds. The first-order valence-electron chi connectivity index (χ1n) is 12.0. The number of rotatable bonds is 15. The number of carbonyl (C=O) groups is 1. The number of hydrogen-bond acceptors (Lipinski definition) is 7. The van der Waals surface area contributed by atoms with Gasteiger partial charge in [-0.05, 0) is 80.0 Å². The number of unbranched alkanes of at least 4 members (excludes halogenated alkanes) is 3. The third kappa shape index (κ3) is 10.8. The second kappa shape index (κ2) is 14.8. The number of sulfone groups is 1. The molecule has 190 valence electrons. The van der Waals surface area contributed by atoms with Crippen LogP contribution in [0.3, 0.4) is 0 Å². The zero-order valence-electron chi connectivity index (χ0n) is 20.9. The Morgan fingerprint density at radius 2 is 1.54 bits per heavy atom. The van der Waals surface area contributed by atoms with Gasteiger partial charge in [0.2, 0.25) is 0 Å². The first-order chi connectivity index (χ1) is 16.7. The van der Waals surface area contributed by atoms with E-state index in [0.29, 0.717) is 22.8 Å². The van der Waals surface area contributed by atoms with Crippen LogP contribution in [0.5, 0.6) is 0 Å². The SMILES string of the molecule is C=C(C)C(=O)OCCCCCCSc1ccc(N=Nc2ccc(S(=O)(=O)C[C@H](C)CC)cc2)cc1. The van der Waals surface area contributed by atoms with Crippen molar-refractivity contribution in [3.63, 3.8) is 0 Å². The van der Waals surface area contributed by atoms with Gasteiger partial charge < -0.3 is 4.74 Å². The van der Waals surface area contributed by atoms with Crippen molar-refractivity contribution in [3.05, 3.63) is 60.7 Å². The van der Waals surface area contributed by atoms with E-state index in [4.69, 9.17) is 4.74 Å². The van der Waals surface area contributed by atoms with Gasteiger partial charge >= 0.3 is 5.97 Å².